The van der Waals surface area contributed by atoms with Gasteiger partial charge in [0.25, 0.3) is 5.56 Å². The van der Waals surface area contributed by atoms with Crippen LogP contribution in [0.25, 0.3) is 10.2 Å². The van der Waals surface area contributed by atoms with Crippen molar-refractivity contribution in [3.63, 3.8) is 0 Å². The standard InChI is InChI=1S/C24H20ClF3IN2O6PS/c1-30-21-18(20(33)31(23(30)34)10-3-11-35-38-29)17(19(32)13-6-8-14(25)9-7-13)22(39-21)36-15-4-2-5-16(12-15)37-24(26,27)28/h2,4-9,12,19,32,38H,3,10-11H2,1H3. The van der Waals surface area contributed by atoms with Crippen molar-refractivity contribution in [1.82, 2.24) is 9.13 Å². The zero-order chi connectivity index (χ0) is 28.3. The molecule has 0 saturated heterocycles. The van der Waals surface area contributed by atoms with Gasteiger partial charge in [0.2, 0.25) is 0 Å². The summed E-state index contributed by atoms with van der Waals surface area (Å²) in [7, 11) is 1.49. The van der Waals surface area contributed by atoms with Crippen LogP contribution < -0.4 is 20.7 Å². The van der Waals surface area contributed by atoms with E-state index in [1.54, 1.807) is 24.3 Å². The molecule has 4 aromatic rings. The summed E-state index contributed by atoms with van der Waals surface area (Å²) in [4.78, 5) is 26.9. The summed E-state index contributed by atoms with van der Waals surface area (Å²) in [6.07, 6.45) is -5.88. The number of hydrogen-bond acceptors (Lipinski definition) is 7. The number of aryl methyl sites for hydroxylation is 1. The second-order valence-electron chi connectivity index (χ2n) is 8.14. The highest BCUT2D eigenvalue weighted by atomic mass is 127. The van der Waals surface area contributed by atoms with Gasteiger partial charge < -0.3 is 19.1 Å². The largest absolute Gasteiger partial charge is 0.573 e. The molecule has 0 spiro atoms. The van der Waals surface area contributed by atoms with Crippen molar-refractivity contribution in [2.75, 3.05) is 6.61 Å². The fourth-order valence-corrected chi connectivity index (χ4v) is 6.01. The van der Waals surface area contributed by atoms with E-state index in [2.05, 4.69) is 26.8 Å². The Balaban J connectivity index is 1.88. The Bertz CT molecular complexity index is 1590. The predicted octanol–water partition coefficient (Wildman–Crippen LogP) is 6.54. The Labute approximate surface area is 243 Å². The third-order valence-electron chi connectivity index (χ3n) is 5.57. The number of ether oxygens (including phenoxy) is 2. The highest BCUT2D eigenvalue weighted by Gasteiger charge is 2.32. The number of hydrogen-bond donors (Lipinski definition) is 1. The van der Waals surface area contributed by atoms with Gasteiger partial charge in [-0.2, -0.15) is 0 Å². The Kier molecular flexibility index (Phi) is 9.61. The molecule has 208 valence electrons. The lowest BCUT2D eigenvalue weighted by molar-refractivity contribution is -0.274. The van der Waals surface area contributed by atoms with Gasteiger partial charge in [0.15, 0.2) is 5.06 Å². The van der Waals surface area contributed by atoms with Crippen molar-refractivity contribution in [3.8, 4) is 16.6 Å². The van der Waals surface area contributed by atoms with Crippen molar-refractivity contribution in [2.45, 2.75) is 25.4 Å². The van der Waals surface area contributed by atoms with Gasteiger partial charge in [-0.05, 0) is 58.3 Å². The third-order valence-corrected chi connectivity index (χ3v) is 8.22. The van der Waals surface area contributed by atoms with E-state index in [1.165, 1.54) is 23.7 Å². The molecule has 4 rings (SSSR count). The van der Waals surface area contributed by atoms with E-state index in [9.17, 15) is 27.9 Å². The molecule has 0 fully saturated rings. The van der Waals surface area contributed by atoms with Gasteiger partial charge in [0, 0.05) is 24.7 Å². The number of aliphatic hydroxyl groups excluding tert-OH is 1. The monoisotopic (exact) mass is 714 g/mol. The van der Waals surface area contributed by atoms with Crippen LogP contribution in [0, 0.1) is 0 Å². The van der Waals surface area contributed by atoms with Crippen LogP contribution in [0.5, 0.6) is 16.6 Å². The summed E-state index contributed by atoms with van der Waals surface area (Å²) in [5.41, 5.74) is -0.744. The number of thiophene rings is 1. The lowest BCUT2D eigenvalue weighted by atomic mass is 10.0. The van der Waals surface area contributed by atoms with Gasteiger partial charge in [-0.1, -0.05) is 41.1 Å². The second-order valence-corrected chi connectivity index (χ2v) is 11.3. The summed E-state index contributed by atoms with van der Waals surface area (Å²) in [6, 6.07) is 11.1. The molecule has 2 aromatic heterocycles. The highest BCUT2D eigenvalue weighted by molar-refractivity contribution is 14.2. The summed E-state index contributed by atoms with van der Waals surface area (Å²) < 4.78 is 55.8. The number of nitrogens with zero attached hydrogens (tertiary/aromatic N) is 2. The Morgan fingerprint density at radius 1 is 1.15 bits per heavy atom. The molecule has 2 heterocycles. The zero-order valence-corrected chi connectivity index (χ0v) is 24.7. The van der Waals surface area contributed by atoms with E-state index < -0.39 is 29.5 Å². The van der Waals surface area contributed by atoms with E-state index in [0.29, 0.717) is 23.6 Å². The number of alkyl halides is 3. The maximum absolute atomic E-state index is 13.6. The Hall–Kier alpha value is -2.16. The first kappa shape index (κ1) is 29.8. The highest BCUT2D eigenvalue weighted by Crippen LogP contribution is 2.44. The van der Waals surface area contributed by atoms with Crippen LogP contribution >= 0.6 is 51.4 Å². The molecular weight excluding hydrogens is 695 g/mol. The summed E-state index contributed by atoms with van der Waals surface area (Å²) in [5.74, 6) is -0.542. The van der Waals surface area contributed by atoms with Gasteiger partial charge in [-0.3, -0.25) is 13.9 Å². The van der Waals surface area contributed by atoms with Crippen LogP contribution in [0.2, 0.25) is 5.02 Å². The van der Waals surface area contributed by atoms with Crippen LogP contribution in [0.4, 0.5) is 13.2 Å². The summed E-state index contributed by atoms with van der Waals surface area (Å²) in [6.45, 7) is 0.671. The molecule has 2 aromatic carbocycles. The van der Waals surface area contributed by atoms with E-state index in [-0.39, 0.29) is 39.6 Å². The minimum atomic E-state index is -4.91. The topological polar surface area (TPSA) is 91.9 Å². The molecule has 0 aliphatic carbocycles. The second kappa shape index (κ2) is 12.6. The average molecular weight is 715 g/mol. The summed E-state index contributed by atoms with van der Waals surface area (Å²) in [5, 5.41) is 11.9. The van der Waals surface area contributed by atoms with Crippen LogP contribution in [0.1, 0.15) is 23.7 Å². The molecule has 2 atom stereocenters. The van der Waals surface area contributed by atoms with Gasteiger partial charge >= 0.3 is 12.1 Å². The van der Waals surface area contributed by atoms with Gasteiger partial charge in [0.1, 0.15) is 22.4 Å². The molecule has 15 heteroatoms. The summed E-state index contributed by atoms with van der Waals surface area (Å²) >= 11 is 8.98. The first-order valence-corrected chi connectivity index (χ1v) is 16.4. The van der Waals surface area contributed by atoms with Crippen LogP contribution in [-0.2, 0) is 18.1 Å². The molecule has 0 aliphatic rings. The van der Waals surface area contributed by atoms with Gasteiger partial charge in [0.05, 0.1) is 24.0 Å². The molecule has 8 nitrogen and oxygen atoms in total. The fourth-order valence-electron chi connectivity index (χ4n) is 3.85. The lowest BCUT2D eigenvalue weighted by Gasteiger charge is -2.15. The maximum atomic E-state index is 13.6. The predicted molar refractivity (Wildman–Crippen MR) is 153 cm³/mol. The first-order valence-electron chi connectivity index (χ1n) is 11.2. The van der Waals surface area contributed by atoms with Crippen molar-refractivity contribution in [2.24, 2.45) is 7.05 Å². The molecule has 0 aliphatic heterocycles. The minimum Gasteiger partial charge on any atom is -0.446 e. The van der Waals surface area contributed by atoms with Crippen molar-refractivity contribution >= 4 is 61.6 Å². The number of rotatable bonds is 10. The van der Waals surface area contributed by atoms with Crippen LogP contribution in [0.3, 0.4) is 0 Å². The Morgan fingerprint density at radius 2 is 1.85 bits per heavy atom. The first-order chi connectivity index (χ1) is 18.5. The lowest BCUT2D eigenvalue weighted by Crippen LogP contribution is -2.39. The molecular formula is C24H20ClF3IN2O6PS. The molecule has 0 bridgehead atoms. The van der Waals surface area contributed by atoms with E-state index in [4.69, 9.17) is 20.9 Å². The fraction of sp³-hybridized carbons (Fsp3) is 0.250. The number of halogens is 5. The van der Waals surface area contributed by atoms with Crippen LogP contribution in [0.15, 0.2) is 58.1 Å². The van der Waals surface area contributed by atoms with Crippen molar-refractivity contribution < 1.29 is 32.3 Å². The average Bonchev–Trinajstić information content (AvgIpc) is 3.25. The van der Waals surface area contributed by atoms with Gasteiger partial charge in [-0.15, -0.1) is 13.2 Å². The molecule has 1 N–H and O–H groups in total. The maximum Gasteiger partial charge on any atom is 0.573 e. The number of benzene rings is 2. The van der Waals surface area contributed by atoms with E-state index >= 15 is 0 Å². The molecule has 2 unspecified atom stereocenters. The number of fused-ring (bicyclic) bond motifs is 1. The quantitative estimate of drug-likeness (QED) is 0.114. The smallest absolute Gasteiger partial charge is 0.446 e. The molecule has 39 heavy (non-hydrogen) atoms. The van der Waals surface area contributed by atoms with E-state index in [0.717, 1.165) is 28.0 Å². The minimum absolute atomic E-state index is 0.0240. The normalized spacial score (nSPS) is 12.9. The SMILES string of the molecule is Cn1c(=O)n(CCCOPI)c(=O)c2c(C(O)c3ccc(Cl)cc3)c(Oc3cccc(OC(F)(F)F)c3)sc21. The van der Waals surface area contributed by atoms with Crippen molar-refractivity contribution in [1.29, 1.82) is 0 Å². The van der Waals surface area contributed by atoms with Gasteiger partial charge in [-0.25, -0.2) is 4.79 Å². The molecule has 0 amide bonds. The zero-order valence-electron chi connectivity index (χ0n) is 20.0. The van der Waals surface area contributed by atoms with Crippen molar-refractivity contribution in [3.05, 3.63) is 85.5 Å². The van der Waals surface area contributed by atoms with Crippen LogP contribution in [-0.4, -0.2) is 27.2 Å². The Morgan fingerprint density at radius 3 is 2.51 bits per heavy atom. The third kappa shape index (κ3) is 6.95. The molecule has 0 radical (unpaired) electrons. The number of aromatic nitrogens is 2. The molecule has 0 saturated carbocycles. The van der Waals surface area contributed by atoms with E-state index in [1.807, 2.05) is 0 Å². The number of aliphatic hydroxyl groups is 1.